The summed E-state index contributed by atoms with van der Waals surface area (Å²) in [6.45, 7) is 6.03. The number of hydrogen-bond acceptors (Lipinski definition) is 6. The van der Waals surface area contributed by atoms with Crippen molar-refractivity contribution in [3.8, 4) is 0 Å². The van der Waals surface area contributed by atoms with Crippen molar-refractivity contribution < 1.29 is 24.5 Å². The molecular formula is C12H22N2O5. The summed E-state index contributed by atoms with van der Waals surface area (Å²) in [5.74, 6) is -1.70. The summed E-state index contributed by atoms with van der Waals surface area (Å²) < 4.78 is 4.98. The monoisotopic (exact) mass is 274 g/mol. The third-order valence-corrected chi connectivity index (χ3v) is 2.36. The zero-order valence-electron chi connectivity index (χ0n) is 11.8. The topological polar surface area (TPSA) is 109 Å². The van der Waals surface area contributed by atoms with Crippen molar-refractivity contribution >= 4 is 11.9 Å². The highest BCUT2D eigenvalue weighted by atomic mass is 16.5. The highest BCUT2D eigenvalue weighted by Gasteiger charge is 2.33. The van der Waals surface area contributed by atoms with Crippen LogP contribution >= 0.6 is 0 Å². The van der Waals surface area contributed by atoms with Crippen LogP contribution < -0.4 is 0 Å². The lowest BCUT2D eigenvalue weighted by Gasteiger charge is -2.19. The van der Waals surface area contributed by atoms with Gasteiger partial charge >= 0.3 is 11.9 Å². The van der Waals surface area contributed by atoms with E-state index in [9.17, 15) is 9.59 Å². The Hall–Kier alpha value is -1.50. The van der Waals surface area contributed by atoms with Gasteiger partial charge < -0.3 is 14.9 Å². The number of aliphatic hydroxyl groups is 1. The van der Waals surface area contributed by atoms with E-state index < -0.39 is 23.0 Å². The van der Waals surface area contributed by atoms with Crippen molar-refractivity contribution in [3.05, 3.63) is 0 Å². The summed E-state index contributed by atoms with van der Waals surface area (Å²) >= 11 is 0. The molecule has 19 heavy (non-hydrogen) atoms. The largest absolute Gasteiger partial charge is 0.479 e. The Balaban J connectivity index is 4.49. The van der Waals surface area contributed by atoms with E-state index in [0.29, 0.717) is 12.8 Å². The van der Waals surface area contributed by atoms with Crippen LogP contribution in [0.15, 0.2) is 10.2 Å². The van der Waals surface area contributed by atoms with E-state index in [1.165, 1.54) is 27.7 Å². The van der Waals surface area contributed by atoms with Crippen LogP contribution in [0.1, 0.15) is 40.5 Å². The number of azo groups is 1. The summed E-state index contributed by atoms with van der Waals surface area (Å²) in [6.07, 6.45) is 1.12. The summed E-state index contributed by atoms with van der Waals surface area (Å²) in [4.78, 5) is 22.6. The number of esters is 1. The van der Waals surface area contributed by atoms with Crippen molar-refractivity contribution in [2.45, 2.75) is 51.6 Å². The maximum absolute atomic E-state index is 11.7. The minimum atomic E-state index is -1.38. The van der Waals surface area contributed by atoms with Crippen LogP contribution in [0.25, 0.3) is 0 Å². The van der Waals surface area contributed by atoms with Gasteiger partial charge in [0, 0.05) is 6.61 Å². The molecule has 0 saturated heterocycles. The summed E-state index contributed by atoms with van der Waals surface area (Å²) in [5.41, 5.74) is -2.61. The Morgan fingerprint density at radius 3 is 2.05 bits per heavy atom. The van der Waals surface area contributed by atoms with Crippen LogP contribution in [-0.2, 0) is 14.3 Å². The molecule has 0 aromatic carbocycles. The summed E-state index contributed by atoms with van der Waals surface area (Å²) in [5, 5.41) is 24.9. The third-order valence-electron chi connectivity index (χ3n) is 2.36. The van der Waals surface area contributed by atoms with Crippen LogP contribution in [0.4, 0.5) is 0 Å². The van der Waals surface area contributed by atoms with Gasteiger partial charge in [-0.05, 0) is 40.5 Å². The summed E-state index contributed by atoms with van der Waals surface area (Å²) in [7, 11) is 0. The minimum absolute atomic E-state index is 0.0491. The van der Waals surface area contributed by atoms with E-state index in [4.69, 9.17) is 14.9 Å². The van der Waals surface area contributed by atoms with Gasteiger partial charge in [-0.15, -0.1) is 0 Å². The molecule has 2 N–H and O–H groups in total. The highest BCUT2D eigenvalue weighted by molar-refractivity contribution is 5.80. The fourth-order valence-electron chi connectivity index (χ4n) is 0.889. The van der Waals surface area contributed by atoms with Gasteiger partial charge in [0.25, 0.3) is 0 Å². The number of nitrogens with zero attached hydrogens (tertiary/aromatic N) is 2. The van der Waals surface area contributed by atoms with Crippen molar-refractivity contribution in [1.29, 1.82) is 0 Å². The molecule has 0 saturated carbocycles. The molecule has 7 nitrogen and oxygen atoms in total. The predicted molar refractivity (Wildman–Crippen MR) is 67.9 cm³/mol. The number of aliphatic hydroxyl groups excluding tert-OH is 1. The number of rotatable bonds is 8. The molecule has 0 bridgehead atoms. The Bertz CT molecular complexity index is 350. The average molecular weight is 274 g/mol. The number of carboxylic acid groups (broad SMARTS) is 1. The first kappa shape index (κ1) is 17.5. The molecule has 0 aliphatic rings. The van der Waals surface area contributed by atoms with Crippen LogP contribution in [0.3, 0.4) is 0 Å². The third kappa shape index (κ3) is 6.28. The maximum Gasteiger partial charge on any atom is 0.335 e. The lowest BCUT2D eigenvalue weighted by Crippen LogP contribution is -2.34. The molecule has 0 rings (SSSR count). The summed E-state index contributed by atoms with van der Waals surface area (Å²) in [6, 6.07) is 0. The Morgan fingerprint density at radius 1 is 1.05 bits per heavy atom. The molecule has 7 heteroatoms. The van der Waals surface area contributed by atoms with Gasteiger partial charge in [0.05, 0.1) is 6.61 Å². The minimum Gasteiger partial charge on any atom is -0.479 e. The van der Waals surface area contributed by atoms with E-state index in [1.807, 2.05) is 0 Å². The van der Waals surface area contributed by atoms with Crippen LogP contribution in [0.5, 0.6) is 0 Å². The number of aliphatic carboxylic acids is 1. The highest BCUT2D eigenvalue weighted by Crippen LogP contribution is 2.17. The first-order valence-corrected chi connectivity index (χ1v) is 6.09. The van der Waals surface area contributed by atoms with Crippen LogP contribution in [0.2, 0.25) is 0 Å². The second kappa shape index (κ2) is 7.18. The molecule has 0 unspecified atom stereocenters. The van der Waals surface area contributed by atoms with Crippen molar-refractivity contribution in [1.82, 2.24) is 0 Å². The lowest BCUT2D eigenvalue weighted by atomic mass is 10.1. The molecular weight excluding hydrogens is 252 g/mol. The fraction of sp³-hybridized carbons (Fsp3) is 0.833. The molecule has 0 fully saturated rings. The van der Waals surface area contributed by atoms with Gasteiger partial charge in [-0.2, -0.15) is 10.2 Å². The number of unbranched alkanes of at least 4 members (excludes halogenated alkanes) is 1. The number of carboxylic acids is 1. The van der Waals surface area contributed by atoms with Crippen molar-refractivity contribution in [3.63, 3.8) is 0 Å². The van der Waals surface area contributed by atoms with Gasteiger partial charge in [0.15, 0.2) is 11.1 Å². The first-order valence-electron chi connectivity index (χ1n) is 6.09. The number of carbonyl (C=O) groups excluding carboxylic acids is 1. The molecule has 0 atom stereocenters. The molecule has 0 aromatic rings. The number of hydrogen-bond donors (Lipinski definition) is 2. The Kier molecular flexibility index (Phi) is 6.61. The van der Waals surface area contributed by atoms with E-state index >= 15 is 0 Å². The van der Waals surface area contributed by atoms with Crippen molar-refractivity contribution in [2.24, 2.45) is 10.2 Å². The zero-order valence-corrected chi connectivity index (χ0v) is 11.8. The standard InChI is InChI=1S/C12H22N2O5/c1-11(2,9(16)17)13-14-12(3,4)10(18)19-8-6-5-7-15/h15H,5-8H2,1-4H3,(H,16,17). The van der Waals surface area contributed by atoms with E-state index in [2.05, 4.69) is 10.2 Å². The Morgan fingerprint density at radius 2 is 1.58 bits per heavy atom. The molecule has 0 heterocycles. The number of carbonyl (C=O) groups is 2. The van der Waals surface area contributed by atoms with Gasteiger partial charge in [-0.1, -0.05) is 0 Å². The normalized spacial score (nSPS) is 12.7. The first-order chi connectivity index (χ1) is 8.63. The van der Waals surface area contributed by atoms with Crippen LogP contribution in [-0.4, -0.2) is 46.4 Å². The Labute approximate surface area is 112 Å². The average Bonchev–Trinajstić information content (AvgIpc) is 2.32. The molecule has 0 aliphatic carbocycles. The molecule has 0 amide bonds. The molecule has 0 aromatic heterocycles. The SMILES string of the molecule is CC(C)(N=NC(C)(C)C(=O)OCCCCO)C(=O)O. The zero-order chi connectivity index (χ0) is 15.1. The second-order valence-electron chi connectivity index (χ2n) is 5.19. The predicted octanol–water partition coefficient (Wildman–Crippen LogP) is 1.40. The molecule has 0 radical (unpaired) electrons. The van der Waals surface area contributed by atoms with E-state index in [-0.39, 0.29) is 13.2 Å². The molecule has 110 valence electrons. The van der Waals surface area contributed by atoms with Crippen LogP contribution in [0, 0.1) is 0 Å². The van der Waals surface area contributed by atoms with E-state index in [1.54, 1.807) is 0 Å². The van der Waals surface area contributed by atoms with Crippen molar-refractivity contribution in [2.75, 3.05) is 13.2 Å². The maximum atomic E-state index is 11.7. The molecule has 0 aliphatic heterocycles. The van der Waals surface area contributed by atoms with Gasteiger partial charge in [-0.25, -0.2) is 9.59 Å². The fourth-order valence-corrected chi connectivity index (χ4v) is 0.889. The van der Waals surface area contributed by atoms with Gasteiger partial charge in [-0.3, -0.25) is 0 Å². The smallest absolute Gasteiger partial charge is 0.335 e. The molecule has 0 spiro atoms. The van der Waals surface area contributed by atoms with Gasteiger partial charge in [0.2, 0.25) is 0 Å². The number of ether oxygens (including phenoxy) is 1. The van der Waals surface area contributed by atoms with Gasteiger partial charge in [0.1, 0.15) is 0 Å². The second-order valence-corrected chi connectivity index (χ2v) is 5.19. The van der Waals surface area contributed by atoms with E-state index in [0.717, 1.165) is 0 Å². The lowest BCUT2D eigenvalue weighted by molar-refractivity contribution is -0.149. The quantitative estimate of drug-likeness (QED) is 0.395.